The molecule has 0 spiro atoms. The topological polar surface area (TPSA) is 49.3 Å². The van der Waals surface area contributed by atoms with Crippen LogP contribution >= 0.6 is 15.9 Å². The molecule has 0 unspecified atom stereocenters. The van der Waals surface area contributed by atoms with Gasteiger partial charge in [-0.25, -0.2) is 0 Å². The average Bonchev–Trinajstić information content (AvgIpc) is 2.14. The number of aryl methyl sites for hydroxylation is 1. The van der Waals surface area contributed by atoms with Crippen LogP contribution in [0.5, 0.6) is 0 Å². The summed E-state index contributed by atoms with van der Waals surface area (Å²) in [5.74, 6) is -0.764. The number of rotatable bonds is 5. The zero-order chi connectivity index (χ0) is 13.1. The van der Waals surface area contributed by atoms with E-state index in [1.54, 1.807) is 0 Å². The van der Waals surface area contributed by atoms with Crippen LogP contribution in [0, 0.1) is 12.3 Å². The van der Waals surface area contributed by atoms with Gasteiger partial charge in [-0.05, 0) is 46.0 Å². The third kappa shape index (κ3) is 4.77. The van der Waals surface area contributed by atoms with E-state index >= 15 is 0 Å². The van der Waals surface area contributed by atoms with Crippen molar-refractivity contribution >= 4 is 27.6 Å². The largest absolute Gasteiger partial charge is 0.481 e. The van der Waals surface area contributed by atoms with Crippen LogP contribution in [0.4, 0.5) is 5.69 Å². The highest BCUT2D eigenvalue weighted by atomic mass is 79.9. The lowest BCUT2D eigenvalue weighted by Crippen LogP contribution is -2.26. The van der Waals surface area contributed by atoms with E-state index in [0.717, 1.165) is 10.2 Å². The fourth-order valence-corrected chi connectivity index (χ4v) is 2.20. The predicted molar refractivity (Wildman–Crippen MR) is 73.4 cm³/mol. The van der Waals surface area contributed by atoms with Crippen molar-refractivity contribution in [2.45, 2.75) is 27.2 Å². The van der Waals surface area contributed by atoms with E-state index in [4.69, 9.17) is 5.11 Å². The van der Waals surface area contributed by atoms with Gasteiger partial charge in [-0.15, -0.1) is 0 Å². The second-order valence-electron chi connectivity index (χ2n) is 5.07. The summed E-state index contributed by atoms with van der Waals surface area (Å²) in [5, 5.41) is 12.1. The number of anilines is 1. The first-order valence-corrected chi connectivity index (χ1v) is 6.31. The molecule has 94 valence electrons. The smallest absolute Gasteiger partial charge is 0.303 e. The Kier molecular flexibility index (Phi) is 4.57. The molecule has 3 nitrogen and oxygen atoms in total. The SMILES string of the molecule is Cc1ccc(NCC(C)(C)CC(=O)O)c(Br)c1. The fraction of sp³-hybridized carbons (Fsp3) is 0.462. The second kappa shape index (κ2) is 5.54. The Morgan fingerprint density at radius 2 is 2.12 bits per heavy atom. The lowest BCUT2D eigenvalue weighted by molar-refractivity contribution is -0.139. The molecule has 0 saturated heterocycles. The molecule has 4 heteroatoms. The maximum Gasteiger partial charge on any atom is 0.303 e. The van der Waals surface area contributed by atoms with Crippen LogP contribution in [0.1, 0.15) is 25.8 Å². The van der Waals surface area contributed by atoms with Gasteiger partial charge >= 0.3 is 5.97 Å². The van der Waals surface area contributed by atoms with E-state index in [2.05, 4.69) is 21.2 Å². The van der Waals surface area contributed by atoms with Crippen LogP contribution < -0.4 is 5.32 Å². The Hall–Kier alpha value is -1.03. The van der Waals surface area contributed by atoms with Crippen LogP contribution in [-0.4, -0.2) is 17.6 Å². The third-order valence-corrected chi connectivity index (χ3v) is 3.17. The molecule has 0 aliphatic rings. The van der Waals surface area contributed by atoms with E-state index in [-0.39, 0.29) is 11.8 Å². The van der Waals surface area contributed by atoms with Crippen molar-refractivity contribution in [2.75, 3.05) is 11.9 Å². The van der Waals surface area contributed by atoms with Crippen molar-refractivity contribution in [3.05, 3.63) is 28.2 Å². The number of aliphatic carboxylic acids is 1. The van der Waals surface area contributed by atoms with Gasteiger partial charge in [-0.3, -0.25) is 4.79 Å². The van der Waals surface area contributed by atoms with Crippen molar-refractivity contribution < 1.29 is 9.90 Å². The van der Waals surface area contributed by atoms with Gasteiger partial charge in [0.05, 0.1) is 6.42 Å². The van der Waals surface area contributed by atoms with Gasteiger partial charge in [-0.1, -0.05) is 19.9 Å². The van der Waals surface area contributed by atoms with Crippen LogP contribution in [-0.2, 0) is 4.79 Å². The van der Waals surface area contributed by atoms with E-state index in [9.17, 15) is 4.79 Å². The lowest BCUT2D eigenvalue weighted by Gasteiger charge is -2.23. The minimum Gasteiger partial charge on any atom is -0.481 e. The molecule has 0 aliphatic carbocycles. The molecule has 1 aromatic rings. The zero-order valence-corrected chi connectivity index (χ0v) is 12.0. The minimum absolute atomic E-state index is 0.156. The number of nitrogens with one attached hydrogen (secondary N) is 1. The average molecular weight is 300 g/mol. The number of carboxylic acid groups (broad SMARTS) is 1. The minimum atomic E-state index is -0.764. The van der Waals surface area contributed by atoms with Crippen LogP contribution in [0.15, 0.2) is 22.7 Å². The van der Waals surface area contributed by atoms with Crippen molar-refractivity contribution in [3.8, 4) is 0 Å². The van der Waals surface area contributed by atoms with E-state index in [0.29, 0.717) is 6.54 Å². The molecular formula is C13H18BrNO2. The van der Waals surface area contributed by atoms with Crippen molar-refractivity contribution in [1.82, 2.24) is 0 Å². The summed E-state index contributed by atoms with van der Waals surface area (Å²) in [7, 11) is 0. The Balaban J connectivity index is 2.64. The van der Waals surface area contributed by atoms with E-state index in [1.807, 2.05) is 39.0 Å². The van der Waals surface area contributed by atoms with Gasteiger partial charge in [0.2, 0.25) is 0 Å². The van der Waals surface area contributed by atoms with Gasteiger partial charge < -0.3 is 10.4 Å². The van der Waals surface area contributed by atoms with Gasteiger partial charge in [0.15, 0.2) is 0 Å². The Morgan fingerprint density at radius 3 is 2.65 bits per heavy atom. The maximum atomic E-state index is 10.7. The van der Waals surface area contributed by atoms with Crippen molar-refractivity contribution in [3.63, 3.8) is 0 Å². The highest BCUT2D eigenvalue weighted by Gasteiger charge is 2.21. The lowest BCUT2D eigenvalue weighted by atomic mass is 9.89. The molecule has 0 bridgehead atoms. The Morgan fingerprint density at radius 1 is 1.47 bits per heavy atom. The van der Waals surface area contributed by atoms with Gasteiger partial charge in [0.25, 0.3) is 0 Å². The predicted octanol–water partition coefficient (Wildman–Crippen LogP) is 3.67. The summed E-state index contributed by atoms with van der Waals surface area (Å²) in [4.78, 5) is 10.7. The number of carbonyl (C=O) groups is 1. The van der Waals surface area contributed by atoms with Crippen LogP contribution in [0.3, 0.4) is 0 Å². The molecule has 0 aliphatic heterocycles. The quantitative estimate of drug-likeness (QED) is 0.872. The molecule has 0 amide bonds. The number of hydrogen-bond donors (Lipinski definition) is 2. The van der Waals surface area contributed by atoms with Crippen molar-refractivity contribution in [2.24, 2.45) is 5.41 Å². The molecule has 0 radical (unpaired) electrons. The number of benzene rings is 1. The standard InChI is InChI=1S/C13H18BrNO2/c1-9-4-5-11(10(14)6-9)15-8-13(2,3)7-12(16)17/h4-6,15H,7-8H2,1-3H3,(H,16,17). The number of halogens is 1. The summed E-state index contributed by atoms with van der Waals surface area (Å²) in [6.07, 6.45) is 0.156. The fourth-order valence-electron chi connectivity index (χ4n) is 1.57. The normalized spacial score (nSPS) is 11.3. The molecule has 0 heterocycles. The summed E-state index contributed by atoms with van der Waals surface area (Å²) >= 11 is 3.49. The molecule has 0 aromatic heterocycles. The molecule has 0 saturated carbocycles. The monoisotopic (exact) mass is 299 g/mol. The molecule has 1 aromatic carbocycles. The number of hydrogen-bond acceptors (Lipinski definition) is 2. The molecule has 2 N–H and O–H groups in total. The molecule has 0 fully saturated rings. The Bertz CT molecular complexity index is 416. The highest BCUT2D eigenvalue weighted by molar-refractivity contribution is 9.10. The van der Waals surface area contributed by atoms with Crippen molar-refractivity contribution in [1.29, 1.82) is 0 Å². The van der Waals surface area contributed by atoms with Gasteiger partial charge in [0, 0.05) is 16.7 Å². The highest BCUT2D eigenvalue weighted by Crippen LogP contribution is 2.26. The summed E-state index contributed by atoms with van der Waals surface area (Å²) in [6, 6.07) is 6.06. The number of carboxylic acids is 1. The first kappa shape index (κ1) is 14.0. The first-order chi connectivity index (χ1) is 7.80. The molecule has 0 atom stereocenters. The summed E-state index contributed by atoms with van der Waals surface area (Å²) < 4.78 is 1.00. The van der Waals surface area contributed by atoms with E-state index in [1.165, 1.54) is 5.56 Å². The molecule has 1 rings (SSSR count). The maximum absolute atomic E-state index is 10.7. The molecular weight excluding hydrogens is 282 g/mol. The zero-order valence-electron chi connectivity index (χ0n) is 10.4. The first-order valence-electron chi connectivity index (χ1n) is 5.52. The molecule has 17 heavy (non-hydrogen) atoms. The third-order valence-electron chi connectivity index (χ3n) is 2.51. The van der Waals surface area contributed by atoms with Gasteiger partial charge in [0.1, 0.15) is 0 Å². The van der Waals surface area contributed by atoms with E-state index < -0.39 is 5.97 Å². The van der Waals surface area contributed by atoms with Gasteiger partial charge in [-0.2, -0.15) is 0 Å². The van der Waals surface area contributed by atoms with Crippen LogP contribution in [0.25, 0.3) is 0 Å². The summed E-state index contributed by atoms with van der Waals surface area (Å²) in [6.45, 7) is 6.54. The Labute approximate surface area is 110 Å². The summed E-state index contributed by atoms with van der Waals surface area (Å²) in [5.41, 5.74) is 1.91. The van der Waals surface area contributed by atoms with Crippen LogP contribution in [0.2, 0.25) is 0 Å². The second-order valence-corrected chi connectivity index (χ2v) is 5.93.